The molecule has 0 radical (unpaired) electrons. The Morgan fingerprint density at radius 1 is 1.14 bits per heavy atom. The summed E-state index contributed by atoms with van der Waals surface area (Å²) < 4.78 is 5.60. The Labute approximate surface area is 87.1 Å². The topological polar surface area (TPSA) is 9.23 Å². The molecule has 14 heavy (non-hydrogen) atoms. The standard InChI is InChI=1S/C13H20O/c1-6-14-13-10(4)7-12(9(2)3)8-11(13)5/h7-9H,6H2,1-5H3. The van der Waals surface area contributed by atoms with Gasteiger partial charge in [-0.05, 0) is 43.4 Å². The van der Waals surface area contributed by atoms with Crippen molar-refractivity contribution in [1.82, 2.24) is 0 Å². The van der Waals surface area contributed by atoms with E-state index in [1.54, 1.807) is 0 Å². The molecule has 0 spiro atoms. The third-order valence-electron chi connectivity index (χ3n) is 2.44. The Morgan fingerprint density at radius 2 is 1.64 bits per heavy atom. The van der Waals surface area contributed by atoms with Gasteiger partial charge in [-0.2, -0.15) is 0 Å². The van der Waals surface area contributed by atoms with Crippen molar-refractivity contribution in [2.24, 2.45) is 0 Å². The highest BCUT2D eigenvalue weighted by Crippen LogP contribution is 2.27. The number of benzene rings is 1. The van der Waals surface area contributed by atoms with Crippen LogP contribution in [0.1, 0.15) is 43.4 Å². The second-order valence-electron chi connectivity index (χ2n) is 4.07. The van der Waals surface area contributed by atoms with E-state index in [1.807, 2.05) is 6.92 Å². The molecule has 0 aromatic heterocycles. The van der Waals surface area contributed by atoms with Crippen LogP contribution in [0.15, 0.2) is 12.1 Å². The highest BCUT2D eigenvalue weighted by Gasteiger charge is 2.07. The molecule has 0 atom stereocenters. The minimum absolute atomic E-state index is 0.586. The van der Waals surface area contributed by atoms with Gasteiger partial charge in [0, 0.05) is 0 Å². The number of ether oxygens (including phenoxy) is 1. The maximum absolute atomic E-state index is 5.60. The molecule has 1 rings (SSSR count). The van der Waals surface area contributed by atoms with Gasteiger partial charge in [-0.25, -0.2) is 0 Å². The van der Waals surface area contributed by atoms with Crippen LogP contribution in [-0.4, -0.2) is 6.61 Å². The number of hydrogen-bond acceptors (Lipinski definition) is 1. The highest BCUT2D eigenvalue weighted by atomic mass is 16.5. The molecule has 1 nitrogen and oxygen atoms in total. The van der Waals surface area contributed by atoms with Crippen LogP contribution in [0.4, 0.5) is 0 Å². The van der Waals surface area contributed by atoms with E-state index >= 15 is 0 Å². The summed E-state index contributed by atoms with van der Waals surface area (Å²) in [4.78, 5) is 0. The van der Waals surface area contributed by atoms with E-state index in [1.165, 1.54) is 16.7 Å². The first-order chi connectivity index (χ1) is 6.56. The molecule has 0 fully saturated rings. The molecule has 1 aromatic carbocycles. The van der Waals surface area contributed by atoms with Crippen molar-refractivity contribution in [1.29, 1.82) is 0 Å². The van der Waals surface area contributed by atoms with E-state index in [0.717, 1.165) is 12.4 Å². The Hall–Kier alpha value is -0.980. The van der Waals surface area contributed by atoms with E-state index in [-0.39, 0.29) is 0 Å². The minimum Gasteiger partial charge on any atom is -0.493 e. The molecule has 1 aromatic rings. The van der Waals surface area contributed by atoms with Crippen LogP contribution in [0.25, 0.3) is 0 Å². The number of rotatable bonds is 3. The van der Waals surface area contributed by atoms with Gasteiger partial charge in [0.25, 0.3) is 0 Å². The minimum atomic E-state index is 0.586. The summed E-state index contributed by atoms with van der Waals surface area (Å²) in [5, 5.41) is 0. The molecular weight excluding hydrogens is 172 g/mol. The van der Waals surface area contributed by atoms with Gasteiger partial charge in [0.1, 0.15) is 5.75 Å². The molecule has 1 heteroatoms. The third-order valence-corrected chi connectivity index (χ3v) is 2.44. The van der Waals surface area contributed by atoms with Crippen molar-refractivity contribution in [3.8, 4) is 5.75 Å². The smallest absolute Gasteiger partial charge is 0.125 e. The molecule has 0 bridgehead atoms. The maximum atomic E-state index is 5.60. The monoisotopic (exact) mass is 192 g/mol. The highest BCUT2D eigenvalue weighted by molar-refractivity contribution is 5.44. The summed E-state index contributed by atoms with van der Waals surface area (Å²) in [6.45, 7) is 11.4. The van der Waals surface area contributed by atoms with Crippen molar-refractivity contribution in [3.63, 3.8) is 0 Å². The first-order valence-corrected chi connectivity index (χ1v) is 5.30. The van der Waals surface area contributed by atoms with Gasteiger partial charge in [-0.3, -0.25) is 0 Å². The van der Waals surface area contributed by atoms with Crippen LogP contribution in [0.5, 0.6) is 5.75 Å². The predicted octanol–water partition coefficient (Wildman–Crippen LogP) is 3.83. The van der Waals surface area contributed by atoms with E-state index in [0.29, 0.717) is 5.92 Å². The van der Waals surface area contributed by atoms with Crippen molar-refractivity contribution in [2.75, 3.05) is 6.61 Å². The number of aryl methyl sites for hydroxylation is 2. The lowest BCUT2D eigenvalue weighted by atomic mass is 9.98. The molecule has 0 aliphatic carbocycles. The third kappa shape index (κ3) is 2.28. The quantitative estimate of drug-likeness (QED) is 0.707. The Morgan fingerprint density at radius 3 is 2.00 bits per heavy atom. The lowest BCUT2D eigenvalue weighted by Crippen LogP contribution is -1.99. The lowest BCUT2D eigenvalue weighted by Gasteiger charge is -2.14. The normalized spacial score (nSPS) is 10.7. The Bertz CT molecular complexity index is 290. The fourth-order valence-corrected chi connectivity index (χ4v) is 1.69. The van der Waals surface area contributed by atoms with E-state index in [4.69, 9.17) is 4.74 Å². The van der Waals surface area contributed by atoms with Crippen molar-refractivity contribution in [3.05, 3.63) is 28.8 Å². The van der Waals surface area contributed by atoms with Gasteiger partial charge in [-0.1, -0.05) is 26.0 Å². The zero-order valence-corrected chi connectivity index (χ0v) is 9.85. The summed E-state index contributed by atoms with van der Waals surface area (Å²) in [5.41, 5.74) is 3.88. The molecule has 0 aliphatic heterocycles. The Balaban J connectivity index is 3.11. The van der Waals surface area contributed by atoms with Gasteiger partial charge >= 0.3 is 0 Å². The second kappa shape index (κ2) is 4.50. The SMILES string of the molecule is CCOc1c(C)cc(C(C)C)cc1C. The zero-order valence-electron chi connectivity index (χ0n) is 9.85. The summed E-state index contributed by atoms with van der Waals surface area (Å²) in [6, 6.07) is 4.45. The van der Waals surface area contributed by atoms with Crippen LogP contribution >= 0.6 is 0 Å². The molecule has 0 heterocycles. The Kier molecular flexibility index (Phi) is 3.56. The first-order valence-electron chi connectivity index (χ1n) is 5.30. The first kappa shape index (κ1) is 11.1. The maximum Gasteiger partial charge on any atom is 0.125 e. The molecule has 0 aliphatic rings. The van der Waals surface area contributed by atoms with E-state index < -0.39 is 0 Å². The fraction of sp³-hybridized carbons (Fsp3) is 0.538. The van der Waals surface area contributed by atoms with Gasteiger partial charge in [0.15, 0.2) is 0 Å². The molecule has 0 N–H and O–H groups in total. The number of hydrogen-bond donors (Lipinski definition) is 0. The average Bonchev–Trinajstić information content (AvgIpc) is 2.10. The van der Waals surface area contributed by atoms with Crippen LogP contribution in [0.2, 0.25) is 0 Å². The van der Waals surface area contributed by atoms with Gasteiger partial charge in [0.2, 0.25) is 0 Å². The van der Waals surface area contributed by atoms with Crippen molar-refractivity contribution >= 4 is 0 Å². The van der Waals surface area contributed by atoms with E-state index in [2.05, 4.69) is 39.8 Å². The summed E-state index contributed by atoms with van der Waals surface area (Å²) >= 11 is 0. The van der Waals surface area contributed by atoms with E-state index in [9.17, 15) is 0 Å². The fourth-order valence-electron chi connectivity index (χ4n) is 1.69. The predicted molar refractivity (Wildman–Crippen MR) is 61.2 cm³/mol. The second-order valence-corrected chi connectivity index (χ2v) is 4.07. The van der Waals surface area contributed by atoms with Gasteiger partial charge in [-0.15, -0.1) is 0 Å². The molecule has 0 unspecified atom stereocenters. The van der Waals surface area contributed by atoms with Crippen LogP contribution in [0, 0.1) is 13.8 Å². The van der Waals surface area contributed by atoms with Gasteiger partial charge < -0.3 is 4.74 Å². The van der Waals surface area contributed by atoms with Crippen molar-refractivity contribution in [2.45, 2.75) is 40.5 Å². The lowest BCUT2D eigenvalue weighted by molar-refractivity contribution is 0.335. The van der Waals surface area contributed by atoms with Crippen LogP contribution < -0.4 is 4.74 Å². The molecule has 78 valence electrons. The molecule has 0 saturated heterocycles. The summed E-state index contributed by atoms with van der Waals surface area (Å²) in [7, 11) is 0. The summed E-state index contributed by atoms with van der Waals surface area (Å²) in [6.07, 6.45) is 0. The zero-order chi connectivity index (χ0) is 10.7. The largest absolute Gasteiger partial charge is 0.493 e. The molecular formula is C13H20O. The molecule has 0 saturated carbocycles. The average molecular weight is 192 g/mol. The van der Waals surface area contributed by atoms with Crippen molar-refractivity contribution < 1.29 is 4.74 Å². The van der Waals surface area contributed by atoms with Crippen LogP contribution in [-0.2, 0) is 0 Å². The molecule has 0 amide bonds. The van der Waals surface area contributed by atoms with Crippen LogP contribution in [0.3, 0.4) is 0 Å². The summed E-state index contributed by atoms with van der Waals surface area (Å²) in [5.74, 6) is 1.64. The van der Waals surface area contributed by atoms with Gasteiger partial charge in [0.05, 0.1) is 6.61 Å².